The van der Waals surface area contributed by atoms with Gasteiger partial charge in [-0.1, -0.05) is 67.5 Å². The number of halogens is 3. The van der Waals surface area contributed by atoms with Gasteiger partial charge in [0.2, 0.25) is 5.82 Å². The molecule has 0 saturated carbocycles. The zero-order valence-electron chi connectivity index (χ0n) is 21.5. The molecule has 0 radical (unpaired) electrons. The largest absolute Gasteiger partial charge is 0.480 e. The second-order valence-corrected chi connectivity index (χ2v) is 9.64. The van der Waals surface area contributed by atoms with E-state index in [2.05, 4.69) is 10.1 Å². The third kappa shape index (κ3) is 5.78. The third-order valence-electron chi connectivity index (χ3n) is 6.41. The number of alkyl halides is 3. The van der Waals surface area contributed by atoms with Crippen molar-refractivity contribution >= 4 is 5.97 Å². The van der Waals surface area contributed by atoms with E-state index in [-0.39, 0.29) is 28.8 Å². The van der Waals surface area contributed by atoms with E-state index in [9.17, 15) is 23.1 Å². The van der Waals surface area contributed by atoms with Crippen molar-refractivity contribution < 1.29 is 27.6 Å². The highest BCUT2D eigenvalue weighted by atomic mass is 19.4. The number of carboxylic acid groups (broad SMARTS) is 1. The average Bonchev–Trinajstić information content (AvgIpc) is 3.34. The van der Waals surface area contributed by atoms with Crippen LogP contribution in [-0.2, 0) is 17.5 Å². The van der Waals surface area contributed by atoms with Crippen LogP contribution < -0.4 is 0 Å². The fourth-order valence-corrected chi connectivity index (χ4v) is 4.66. The molecule has 1 atom stereocenters. The first kappa shape index (κ1) is 27.1. The summed E-state index contributed by atoms with van der Waals surface area (Å²) in [5.74, 6) is -0.790. The second kappa shape index (κ2) is 10.8. The molecule has 0 aliphatic rings. The van der Waals surface area contributed by atoms with Gasteiger partial charge in [0, 0.05) is 17.7 Å². The zero-order valence-corrected chi connectivity index (χ0v) is 21.5. The highest BCUT2D eigenvalue weighted by molar-refractivity contribution is 5.75. The minimum absolute atomic E-state index is 0.0323. The molecule has 1 heterocycles. The first-order valence-corrected chi connectivity index (χ1v) is 12.1. The third-order valence-corrected chi connectivity index (χ3v) is 6.41. The first-order chi connectivity index (χ1) is 18.0. The van der Waals surface area contributed by atoms with Crippen LogP contribution in [0.1, 0.15) is 30.5 Å². The van der Waals surface area contributed by atoms with E-state index in [4.69, 9.17) is 4.52 Å². The Labute approximate surface area is 218 Å². The number of nitrogens with zero attached hydrogens (tertiary/aromatic N) is 3. The molecular weight excluding hydrogens is 495 g/mol. The summed E-state index contributed by atoms with van der Waals surface area (Å²) in [6.45, 7) is 5.85. The van der Waals surface area contributed by atoms with Crippen molar-refractivity contribution in [1.82, 2.24) is 15.0 Å². The quantitative estimate of drug-likeness (QED) is 0.270. The number of aromatic nitrogens is 2. The van der Waals surface area contributed by atoms with Crippen molar-refractivity contribution in [3.63, 3.8) is 0 Å². The van der Waals surface area contributed by atoms with E-state index in [0.29, 0.717) is 17.7 Å². The summed E-state index contributed by atoms with van der Waals surface area (Å²) in [5.41, 5.74) is 2.14. The topological polar surface area (TPSA) is 79.5 Å². The first-order valence-electron chi connectivity index (χ1n) is 12.1. The number of rotatable bonds is 8. The summed E-state index contributed by atoms with van der Waals surface area (Å²) in [4.78, 5) is 17.8. The standard InChI is InChI=1S/C29H28F3N3O3/c1-17(2)25(28(36)37)35(4)16-19-9-7-10-20(14-19)26-33-27(38-34-26)21-12-13-23(24(15-21)29(30,31)32)22-11-6-5-8-18(22)3/h5-15,17,25H,16H2,1-4H3,(H,36,37). The van der Waals surface area contributed by atoms with Crippen LogP contribution in [0, 0.1) is 12.8 Å². The number of hydrogen-bond donors (Lipinski definition) is 1. The van der Waals surface area contributed by atoms with Gasteiger partial charge in [-0.15, -0.1) is 0 Å². The van der Waals surface area contributed by atoms with Crippen molar-refractivity contribution in [2.24, 2.45) is 5.92 Å². The molecule has 1 N–H and O–H groups in total. The number of aryl methyl sites for hydroxylation is 1. The Kier molecular flexibility index (Phi) is 7.68. The minimum atomic E-state index is -4.58. The lowest BCUT2D eigenvalue weighted by molar-refractivity contribution is -0.144. The summed E-state index contributed by atoms with van der Waals surface area (Å²) in [5, 5.41) is 13.5. The van der Waals surface area contributed by atoms with Gasteiger partial charge in [0.1, 0.15) is 6.04 Å². The van der Waals surface area contributed by atoms with Gasteiger partial charge < -0.3 is 9.63 Å². The van der Waals surface area contributed by atoms with Crippen molar-refractivity contribution in [2.45, 2.75) is 39.5 Å². The van der Waals surface area contributed by atoms with E-state index in [1.807, 2.05) is 26.0 Å². The second-order valence-electron chi connectivity index (χ2n) is 9.64. The molecule has 0 saturated heterocycles. The van der Waals surface area contributed by atoms with Gasteiger partial charge in [0.05, 0.1) is 5.56 Å². The lowest BCUT2D eigenvalue weighted by Gasteiger charge is -2.27. The van der Waals surface area contributed by atoms with Crippen molar-refractivity contribution in [2.75, 3.05) is 7.05 Å². The molecule has 4 rings (SSSR count). The van der Waals surface area contributed by atoms with Gasteiger partial charge in [-0.3, -0.25) is 9.69 Å². The molecule has 198 valence electrons. The van der Waals surface area contributed by atoms with Crippen LogP contribution in [0.25, 0.3) is 34.0 Å². The molecule has 3 aromatic carbocycles. The van der Waals surface area contributed by atoms with Gasteiger partial charge in [-0.05, 0) is 60.3 Å². The van der Waals surface area contributed by atoms with E-state index >= 15 is 0 Å². The molecule has 9 heteroatoms. The molecule has 38 heavy (non-hydrogen) atoms. The zero-order chi connectivity index (χ0) is 27.6. The lowest BCUT2D eigenvalue weighted by Crippen LogP contribution is -2.41. The normalized spacial score (nSPS) is 12.8. The number of aliphatic carboxylic acids is 1. The van der Waals surface area contributed by atoms with Gasteiger partial charge in [-0.25, -0.2) is 0 Å². The molecule has 0 bridgehead atoms. The fourth-order valence-electron chi connectivity index (χ4n) is 4.66. The summed E-state index contributed by atoms with van der Waals surface area (Å²) in [7, 11) is 1.75. The molecule has 6 nitrogen and oxygen atoms in total. The number of likely N-dealkylation sites (N-methyl/N-ethyl adjacent to an activating group) is 1. The molecule has 0 aliphatic carbocycles. The molecule has 1 aromatic heterocycles. The Balaban J connectivity index is 1.64. The maximum absolute atomic E-state index is 14.0. The Morgan fingerprint density at radius 1 is 1.00 bits per heavy atom. The van der Waals surface area contributed by atoms with Crippen LogP contribution >= 0.6 is 0 Å². The Bertz CT molecular complexity index is 1450. The fraction of sp³-hybridized carbons (Fsp3) is 0.276. The molecule has 1 unspecified atom stereocenters. The van der Waals surface area contributed by atoms with Crippen molar-refractivity contribution in [3.8, 4) is 34.0 Å². The van der Waals surface area contributed by atoms with E-state index in [0.717, 1.165) is 17.2 Å². The smallest absolute Gasteiger partial charge is 0.417 e. The van der Waals surface area contributed by atoms with E-state index in [1.54, 1.807) is 55.3 Å². The molecule has 0 fully saturated rings. The van der Waals surface area contributed by atoms with Crippen LogP contribution in [0.5, 0.6) is 0 Å². The monoisotopic (exact) mass is 523 g/mol. The van der Waals surface area contributed by atoms with Crippen LogP contribution in [0.3, 0.4) is 0 Å². The van der Waals surface area contributed by atoms with Crippen LogP contribution in [-0.4, -0.2) is 39.2 Å². The summed E-state index contributed by atoms with van der Waals surface area (Å²) in [6.07, 6.45) is -4.58. The van der Waals surface area contributed by atoms with Crippen molar-refractivity contribution in [1.29, 1.82) is 0 Å². The maximum Gasteiger partial charge on any atom is 0.417 e. The van der Waals surface area contributed by atoms with Gasteiger partial charge in [-0.2, -0.15) is 18.2 Å². The Morgan fingerprint density at radius 2 is 1.74 bits per heavy atom. The average molecular weight is 524 g/mol. The van der Waals surface area contributed by atoms with Gasteiger partial charge in [0.15, 0.2) is 0 Å². The number of carbonyl (C=O) groups is 1. The van der Waals surface area contributed by atoms with E-state index in [1.165, 1.54) is 12.1 Å². The molecule has 0 amide bonds. The van der Waals surface area contributed by atoms with Crippen LogP contribution in [0.15, 0.2) is 71.3 Å². The molecule has 4 aromatic rings. The predicted molar refractivity (Wildman–Crippen MR) is 138 cm³/mol. The summed E-state index contributed by atoms with van der Waals surface area (Å²) >= 11 is 0. The number of benzene rings is 3. The molecular formula is C29H28F3N3O3. The highest BCUT2D eigenvalue weighted by Crippen LogP contribution is 2.40. The highest BCUT2D eigenvalue weighted by Gasteiger charge is 2.35. The van der Waals surface area contributed by atoms with Crippen molar-refractivity contribution in [3.05, 3.63) is 83.4 Å². The van der Waals surface area contributed by atoms with Crippen LogP contribution in [0.4, 0.5) is 13.2 Å². The van der Waals surface area contributed by atoms with Crippen LogP contribution in [0.2, 0.25) is 0 Å². The summed E-state index contributed by atoms with van der Waals surface area (Å²) < 4.78 is 47.4. The summed E-state index contributed by atoms with van der Waals surface area (Å²) in [6, 6.07) is 17.5. The lowest BCUT2D eigenvalue weighted by atomic mass is 9.94. The molecule has 0 spiro atoms. The van der Waals surface area contributed by atoms with E-state index < -0.39 is 23.8 Å². The Hall–Kier alpha value is -3.98. The van der Waals surface area contributed by atoms with Gasteiger partial charge in [0.25, 0.3) is 5.89 Å². The predicted octanol–water partition coefficient (Wildman–Crippen LogP) is 6.94. The number of carboxylic acids is 1. The van der Waals surface area contributed by atoms with Gasteiger partial charge >= 0.3 is 12.1 Å². The number of hydrogen-bond acceptors (Lipinski definition) is 5. The minimum Gasteiger partial charge on any atom is -0.480 e. The molecule has 0 aliphatic heterocycles. The Morgan fingerprint density at radius 3 is 2.39 bits per heavy atom. The SMILES string of the molecule is Cc1ccccc1-c1ccc(-c2nc(-c3cccc(CN(C)C(C(=O)O)C(C)C)c3)no2)cc1C(F)(F)F. The maximum atomic E-state index is 14.0.